The zero-order valence-electron chi connectivity index (χ0n) is 14.4. The molecule has 6 nitrogen and oxygen atoms in total. The number of nitrogens with one attached hydrogen (secondary N) is 1. The summed E-state index contributed by atoms with van der Waals surface area (Å²) < 4.78 is 5.81. The van der Waals surface area contributed by atoms with E-state index < -0.39 is 0 Å². The average molecular weight is 351 g/mol. The van der Waals surface area contributed by atoms with Crippen molar-refractivity contribution in [2.45, 2.75) is 12.5 Å². The number of hydrogen-bond acceptors (Lipinski definition) is 4. The van der Waals surface area contributed by atoms with Gasteiger partial charge in [0.05, 0.1) is 36.9 Å². The number of pyridine rings is 1. The van der Waals surface area contributed by atoms with Gasteiger partial charge in [0, 0.05) is 25.2 Å². The smallest absolute Gasteiger partial charge is 0.230 e. The Labute approximate surface area is 152 Å². The van der Waals surface area contributed by atoms with Gasteiger partial charge in [-0.1, -0.05) is 30.3 Å². The maximum Gasteiger partial charge on any atom is 0.230 e. The van der Waals surface area contributed by atoms with Crippen LogP contribution in [0.1, 0.15) is 5.56 Å². The highest BCUT2D eigenvalue weighted by molar-refractivity contribution is 5.93. The molecule has 1 aromatic carbocycles. The Morgan fingerprint density at radius 1 is 1.15 bits per heavy atom. The van der Waals surface area contributed by atoms with Crippen molar-refractivity contribution < 1.29 is 14.3 Å². The molecule has 2 saturated heterocycles. The molecule has 2 fully saturated rings. The Bertz CT molecular complexity index is 781. The van der Waals surface area contributed by atoms with Crippen molar-refractivity contribution in [1.29, 1.82) is 0 Å². The van der Waals surface area contributed by atoms with E-state index in [1.165, 1.54) is 0 Å². The van der Waals surface area contributed by atoms with E-state index in [0.717, 1.165) is 5.56 Å². The van der Waals surface area contributed by atoms with Gasteiger partial charge >= 0.3 is 0 Å². The van der Waals surface area contributed by atoms with Crippen molar-refractivity contribution in [2.24, 2.45) is 11.8 Å². The van der Waals surface area contributed by atoms with E-state index in [-0.39, 0.29) is 29.8 Å². The largest absolute Gasteiger partial charge is 0.375 e. The highest BCUT2D eigenvalue weighted by Crippen LogP contribution is 2.34. The number of rotatable bonds is 4. The normalized spacial score (nSPS) is 24.3. The van der Waals surface area contributed by atoms with Gasteiger partial charge in [-0.3, -0.25) is 14.6 Å². The van der Waals surface area contributed by atoms with Crippen LogP contribution in [0.15, 0.2) is 54.9 Å². The van der Waals surface area contributed by atoms with E-state index in [1.807, 2.05) is 41.3 Å². The van der Waals surface area contributed by atoms with Crippen LogP contribution < -0.4 is 5.32 Å². The molecule has 0 spiro atoms. The fourth-order valence-electron chi connectivity index (χ4n) is 3.74. The number of carbonyl (C=O) groups excluding carboxylic acids is 2. The molecule has 0 aliphatic carbocycles. The molecule has 1 aromatic heterocycles. The molecule has 0 saturated carbocycles. The summed E-state index contributed by atoms with van der Waals surface area (Å²) in [7, 11) is 0. The van der Waals surface area contributed by atoms with E-state index in [4.69, 9.17) is 4.74 Å². The molecule has 1 N–H and O–H groups in total. The second-order valence-corrected chi connectivity index (χ2v) is 6.83. The molecular formula is C20H21N3O3. The first kappa shape index (κ1) is 16.7. The summed E-state index contributed by atoms with van der Waals surface area (Å²) in [6.07, 6.45) is 3.61. The van der Waals surface area contributed by atoms with Gasteiger partial charge in [-0.15, -0.1) is 0 Å². The standard InChI is InChI=1S/C20H21N3O3/c24-19(9-14-5-2-1-3-6-14)23-11-16-17(13-26-18(16)12-23)20(25)22-15-7-4-8-21-10-15/h1-8,10,16-18H,9,11-13H2,(H,22,25)/t16-,17-,18-/m1/s1. The Morgan fingerprint density at radius 2 is 2.00 bits per heavy atom. The molecule has 3 atom stereocenters. The molecule has 134 valence electrons. The minimum Gasteiger partial charge on any atom is -0.375 e. The fraction of sp³-hybridized carbons (Fsp3) is 0.350. The first-order valence-electron chi connectivity index (χ1n) is 8.85. The second kappa shape index (κ2) is 7.25. The van der Waals surface area contributed by atoms with Crippen molar-refractivity contribution in [3.8, 4) is 0 Å². The molecular weight excluding hydrogens is 330 g/mol. The summed E-state index contributed by atoms with van der Waals surface area (Å²) in [4.78, 5) is 31.0. The van der Waals surface area contributed by atoms with Crippen LogP contribution in [0.25, 0.3) is 0 Å². The zero-order chi connectivity index (χ0) is 17.9. The van der Waals surface area contributed by atoms with Crippen molar-refractivity contribution in [2.75, 3.05) is 25.0 Å². The van der Waals surface area contributed by atoms with Crippen LogP contribution in [0.5, 0.6) is 0 Å². The number of fused-ring (bicyclic) bond motifs is 1. The SMILES string of the molecule is O=C(Nc1cccnc1)[C@@H]1CO[C@@H]2CN(C(=O)Cc3ccccc3)C[C@@H]21. The van der Waals surface area contributed by atoms with Crippen molar-refractivity contribution in [1.82, 2.24) is 9.88 Å². The number of benzene rings is 1. The Kier molecular flexibility index (Phi) is 4.67. The number of ether oxygens (including phenoxy) is 1. The van der Waals surface area contributed by atoms with Crippen LogP contribution in [-0.4, -0.2) is 47.5 Å². The van der Waals surface area contributed by atoms with Gasteiger partial charge in [0.2, 0.25) is 11.8 Å². The van der Waals surface area contributed by atoms with Crippen LogP contribution in [0, 0.1) is 11.8 Å². The van der Waals surface area contributed by atoms with Gasteiger partial charge in [0.1, 0.15) is 0 Å². The number of nitrogens with zero attached hydrogens (tertiary/aromatic N) is 2. The van der Waals surface area contributed by atoms with Crippen LogP contribution >= 0.6 is 0 Å². The zero-order valence-corrected chi connectivity index (χ0v) is 14.4. The van der Waals surface area contributed by atoms with Gasteiger partial charge in [0.25, 0.3) is 0 Å². The molecule has 6 heteroatoms. The third kappa shape index (κ3) is 3.46. The third-order valence-electron chi connectivity index (χ3n) is 5.13. The van der Waals surface area contributed by atoms with Crippen LogP contribution in [-0.2, 0) is 20.7 Å². The van der Waals surface area contributed by atoms with Crippen molar-refractivity contribution in [3.05, 3.63) is 60.4 Å². The molecule has 2 amide bonds. The van der Waals surface area contributed by atoms with E-state index >= 15 is 0 Å². The van der Waals surface area contributed by atoms with Crippen LogP contribution in [0.4, 0.5) is 5.69 Å². The van der Waals surface area contributed by atoms with Gasteiger partial charge in [-0.25, -0.2) is 0 Å². The van der Waals surface area contributed by atoms with Gasteiger partial charge in [-0.05, 0) is 17.7 Å². The molecule has 26 heavy (non-hydrogen) atoms. The minimum absolute atomic E-state index is 0.0476. The predicted molar refractivity (Wildman–Crippen MR) is 96.3 cm³/mol. The Morgan fingerprint density at radius 3 is 2.77 bits per heavy atom. The minimum atomic E-state index is -0.241. The summed E-state index contributed by atoms with van der Waals surface area (Å²) in [5.41, 5.74) is 1.68. The lowest BCUT2D eigenvalue weighted by Crippen LogP contribution is -2.34. The van der Waals surface area contributed by atoms with Crippen molar-refractivity contribution in [3.63, 3.8) is 0 Å². The lowest BCUT2D eigenvalue weighted by atomic mass is 9.92. The first-order chi connectivity index (χ1) is 12.7. The van der Waals surface area contributed by atoms with Crippen LogP contribution in [0.3, 0.4) is 0 Å². The number of amides is 2. The summed E-state index contributed by atoms with van der Waals surface area (Å²) in [5, 5.41) is 2.90. The highest BCUT2D eigenvalue weighted by Gasteiger charge is 2.47. The lowest BCUT2D eigenvalue weighted by molar-refractivity contribution is -0.131. The summed E-state index contributed by atoms with van der Waals surface area (Å²) in [6, 6.07) is 13.3. The predicted octanol–water partition coefficient (Wildman–Crippen LogP) is 1.74. The molecule has 0 bridgehead atoms. The number of hydrogen-bond donors (Lipinski definition) is 1. The molecule has 0 unspecified atom stereocenters. The van der Waals surface area contributed by atoms with E-state index in [0.29, 0.717) is 31.8 Å². The molecule has 2 aromatic rings. The van der Waals surface area contributed by atoms with Crippen LogP contribution in [0.2, 0.25) is 0 Å². The first-order valence-corrected chi connectivity index (χ1v) is 8.85. The quantitative estimate of drug-likeness (QED) is 0.911. The summed E-state index contributed by atoms with van der Waals surface area (Å²) >= 11 is 0. The van der Waals surface area contributed by atoms with E-state index in [1.54, 1.807) is 18.5 Å². The topological polar surface area (TPSA) is 71.5 Å². The maximum atomic E-state index is 12.6. The number of carbonyl (C=O) groups is 2. The Balaban J connectivity index is 1.37. The second-order valence-electron chi connectivity index (χ2n) is 6.83. The van der Waals surface area contributed by atoms with Crippen molar-refractivity contribution >= 4 is 17.5 Å². The van der Waals surface area contributed by atoms with Gasteiger partial charge in [0.15, 0.2) is 0 Å². The maximum absolute atomic E-state index is 12.6. The molecule has 4 rings (SSSR count). The number of likely N-dealkylation sites (tertiary alicyclic amines) is 1. The van der Waals surface area contributed by atoms with Gasteiger partial charge in [-0.2, -0.15) is 0 Å². The van der Waals surface area contributed by atoms with E-state index in [2.05, 4.69) is 10.3 Å². The summed E-state index contributed by atoms with van der Waals surface area (Å²) in [6.45, 7) is 1.54. The third-order valence-corrected chi connectivity index (χ3v) is 5.13. The number of aromatic nitrogens is 1. The van der Waals surface area contributed by atoms with E-state index in [9.17, 15) is 9.59 Å². The highest BCUT2D eigenvalue weighted by atomic mass is 16.5. The number of anilines is 1. The molecule has 2 aliphatic rings. The average Bonchev–Trinajstić information content (AvgIpc) is 3.24. The lowest BCUT2D eigenvalue weighted by Gasteiger charge is -2.19. The van der Waals surface area contributed by atoms with Gasteiger partial charge < -0.3 is 15.0 Å². The molecule has 0 radical (unpaired) electrons. The molecule has 3 heterocycles. The fourth-order valence-corrected chi connectivity index (χ4v) is 3.74. The monoisotopic (exact) mass is 351 g/mol. The molecule has 2 aliphatic heterocycles. The summed E-state index contributed by atoms with van der Waals surface area (Å²) in [5.74, 6) is -0.176. The Hall–Kier alpha value is -2.73.